The lowest BCUT2D eigenvalue weighted by atomic mass is 9.96. The first-order chi connectivity index (χ1) is 11.3. The Morgan fingerprint density at radius 1 is 1.42 bits per heavy atom. The molecule has 0 spiro atoms. The van der Waals surface area contributed by atoms with Gasteiger partial charge in [-0.3, -0.25) is 14.9 Å². The predicted molar refractivity (Wildman–Crippen MR) is 87.7 cm³/mol. The van der Waals surface area contributed by atoms with E-state index >= 15 is 0 Å². The van der Waals surface area contributed by atoms with Crippen molar-refractivity contribution in [2.24, 2.45) is 0 Å². The van der Waals surface area contributed by atoms with Gasteiger partial charge in [0.05, 0.1) is 11.3 Å². The average Bonchev–Trinajstić information content (AvgIpc) is 2.89. The highest BCUT2D eigenvalue weighted by Crippen LogP contribution is 2.24. The van der Waals surface area contributed by atoms with Crippen molar-refractivity contribution in [1.29, 1.82) is 0 Å². The molecule has 1 unspecified atom stereocenters. The van der Waals surface area contributed by atoms with E-state index in [0.717, 1.165) is 0 Å². The summed E-state index contributed by atoms with van der Waals surface area (Å²) in [5.41, 5.74) is -0.136. The van der Waals surface area contributed by atoms with E-state index in [4.69, 9.17) is 0 Å². The molecule has 0 aliphatic carbocycles. The Morgan fingerprint density at radius 2 is 2.12 bits per heavy atom. The molecule has 1 amide bonds. The van der Waals surface area contributed by atoms with Crippen LogP contribution in [-0.4, -0.2) is 32.4 Å². The molecule has 0 aliphatic heterocycles. The molecular formula is C16H19N3O5. The molecule has 1 atom stereocenters. The van der Waals surface area contributed by atoms with E-state index in [0.29, 0.717) is 29.3 Å². The molecule has 2 rings (SSSR count). The number of carbonyl (C=O) groups excluding carboxylic acids is 1. The first kappa shape index (κ1) is 17.5. The summed E-state index contributed by atoms with van der Waals surface area (Å²) in [6.07, 6.45) is 2.47. The van der Waals surface area contributed by atoms with Gasteiger partial charge in [-0.15, -0.1) is 0 Å². The smallest absolute Gasteiger partial charge is 0.329 e. The Bertz CT molecular complexity index is 798. The standard InChI is InChI=1S/C16H19N3O5/c1-3-6-16(2,15(21)22)18-14(20)7-10-9-17-13-5-4-11(19(23)24)8-12(10)13/h4-5,8-9,17H,3,6-7H2,1-2H3,(H,18,20)(H,21,22). The van der Waals surface area contributed by atoms with E-state index in [-0.39, 0.29) is 12.1 Å². The fraction of sp³-hybridized carbons (Fsp3) is 0.375. The minimum Gasteiger partial charge on any atom is -0.480 e. The van der Waals surface area contributed by atoms with Gasteiger partial charge in [0.15, 0.2) is 0 Å². The number of carbonyl (C=O) groups is 2. The molecule has 2 aromatic rings. The molecular weight excluding hydrogens is 314 g/mol. The maximum Gasteiger partial charge on any atom is 0.329 e. The van der Waals surface area contributed by atoms with Crippen molar-refractivity contribution in [3.63, 3.8) is 0 Å². The third kappa shape index (κ3) is 3.53. The lowest BCUT2D eigenvalue weighted by Crippen LogP contribution is -2.52. The second-order valence-electron chi connectivity index (χ2n) is 5.91. The number of nitro benzene ring substituents is 1. The van der Waals surface area contributed by atoms with Gasteiger partial charge in [0.25, 0.3) is 5.69 Å². The van der Waals surface area contributed by atoms with Gasteiger partial charge in [0.1, 0.15) is 5.54 Å². The maximum atomic E-state index is 12.2. The van der Waals surface area contributed by atoms with Crippen LogP contribution in [0.25, 0.3) is 10.9 Å². The number of aromatic amines is 1. The van der Waals surface area contributed by atoms with Crippen molar-refractivity contribution in [2.45, 2.75) is 38.6 Å². The third-order valence-electron chi connectivity index (χ3n) is 3.95. The molecule has 0 aliphatic rings. The zero-order valence-electron chi connectivity index (χ0n) is 13.5. The fourth-order valence-corrected chi connectivity index (χ4v) is 2.67. The maximum absolute atomic E-state index is 12.2. The zero-order valence-corrected chi connectivity index (χ0v) is 13.5. The summed E-state index contributed by atoms with van der Waals surface area (Å²) in [6.45, 7) is 3.31. The summed E-state index contributed by atoms with van der Waals surface area (Å²) in [5.74, 6) is -1.53. The number of fused-ring (bicyclic) bond motifs is 1. The van der Waals surface area contributed by atoms with Crippen molar-refractivity contribution < 1.29 is 19.6 Å². The first-order valence-corrected chi connectivity index (χ1v) is 7.55. The first-order valence-electron chi connectivity index (χ1n) is 7.55. The molecule has 8 nitrogen and oxygen atoms in total. The average molecular weight is 333 g/mol. The quantitative estimate of drug-likeness (QED) is 0.530. The van der Waals surface area contributed by atoms with Gasteiger partial charge in [0.2, 0.25) is 5.91 Å². The largest absolute Gasteiger partial charge is 0.480 e. The number of carboxylic acid groups (broad SMARTS) is 1. The lowest BCUT2D eigenvalue weighted by Gasteiger charge is -2.25. The summed E-state index contributed by atoms with van der Waals surface area (Å²) < 4.78 is 0. The molecule has 1 aromatic carbocycles. The van der Waals surface area contributed by atoms with Gasteiger partial charge in [-0.1, -0.05) is 13.3 Å². The molecule has 0 saturated heterocycles. The van der Waals surface area contributed by atoms with Gasteiger partial charge in [-0.25, -0.2) is 4.79 Å². The minimum absolute atomic E-state index is 0.0618. The topological polar surface area (TPSA) is 125 Å². The number of aromatic nitrogens is 1. The Morgan fingerprint density at radius 3 is 2.71 bits per heavy atom. The van der Waals surface area contributed by atoms with Gasteiger partial charge >= 0.3 is 5.97 Å². The molecule has 3 N–H and O–H groups in total. The molecule has 0 saturated carbocycles. The van der Waals surface area contributed by atoms with Gasteiger partial charge < -0.3 is 15.4 Å². The van der Waals surface area contributed by atoms with E-state index in [1.165, 1.54) is 19.1 Å². The number of nitrogens with one attached hydrogen (secondary N) is 2. The van der Waals surface area contributed by atoms with Gasteiger partial charge in [-0.2, -0.15) is 0 Å². The minimum atomic E-state index is -1.33. The molecule has 0 fully saturated rings. The number of nitrogens with zero attached hydrogens (tertiary/aromatic N) is 1. The van der Waals surface area contributed by atoms with Crippen LogP contribution >= 0.6 is 0 Å². The van der Waals surface area contributed by atoms with E-state index in [2.05, 4.69) is 10.3 Å². The molecule has 128 valence electrons. The monoisotopic (exact) mass is 333 g/mol. The lowest BCUT2D eigenvalue weighted by molar-refractivity contribution is -0.384. The Hall–Kier alpha value is -2.90. The summed E-state index contributed by atoms with van der Waals surface area (Å²) >= 11 is 0. The molecule has 0 radical (unpaired) electrons. The van der Waals surface area contributed by atoms with Crippen LogP contribution < -0.4 is 5.32 Å². The molecule has 1 aromatic heterocycles. The van der Waals surface area contributed by atoms with Gasteiger partial charge in [0, 0.05) is 29.2 Å². The summed E-state index contributed by atoms with van der Waals surface area (Å²) in [4.78, 5) is 37.0. The Balaban J connectivity index is 2.22. The number of aliphatic carboxylic acids is 1. The Kier molecular flexibility index (Phi) is 4.87. The van der Waals surface area contributed by atoms with E-state index in [1.54, 1.807) is 12.3 Å². The molecule has 24 heavy (non-hydrogen) atoms. The number of amides is 1. The summed E-state index contributed by atoms with van der Waals surface area (Å²) in [5, 5.41) is 23.3. The summed E-state index contributed by atoms with van der Waals surface area (Å²) in [7, 11) is 0. The number of rotatable bonds is 7. The van der Waals surface area contributed by atoms with Crippen molar-refractivity contribution in [3.8, 4) is 0 Å². The van der Waals surface area contributed by atoms with Crippen LogP contribution in [0.1, 0.15) is 32.3 Å². The number of carboxylic acids is 1. The fourth-order valence-electron chi connectivity index (χ4n) is 2.67. The SMILES string of the molecule is CCCC(C)(NC(=O)Cc1c[nH]c2ccc([N+](=O)[O-])cc12)C(=O)O. The van der Waals surface area contributed by atoms with Crippen LogP contribution in [0.3, 0.4) is 0 Å². The van der Waals surface area contributed by atoms with Crippen LogP contribution in [-0.2, 0) is 16.0 Å². The third-order valence-corrected chi connectivity index (χ3v) is 3.95. The number of non-ortho nitro benzene ring substituents is 1. The molecule has 0 bridgehead atoms. The second-order valence-corrected chi connectivity index (χ2v) is 5.91. The number of hydrogen-bond donors (Lipinski definition) is 3. The van der Waals surface area contributed by atoms with Crippen LogP contribution in [0.5, 0.6) is 0 Å². The van der Waals surface area contributed by atoms with Crippen LogP contribution in [0.15, 0.2) is 24.4 Å². The highest BCUT2D eigenvalue weighted by molar-refractivity contribution is 5.92. The summed E-state index contributed by atoms with van der Waals surface area (Å²) in [6, 6.07) is 4.36. The van der Waals surface area contributed by atoms with Crippen molar-refractivity contribution in [1.82, 2.24) is 10.3 Å². The predicted octanol–water partition coefficient (Wildman–Crippen LogP) is 2.38. The second kappa shape index (κ2) is 6.69. The highest BCUT2D eigenvalue weighted by atomic mass is 16.6. The van der Waals surface area contributed by atoms with E-state index < -0.39 is 22.3 Å². The zero-order chi connectivity index (χ0) is 17.9. The van der Waals surface area contributed by atoms with Crippen LogP contribution in [0.2, 0.25) is 0 Å². The highest BCUT2D eigenvalue weighted by Gasteiger charge is 2.33. The molecule has 8 heteroatoms. The van der Waals surface area contributed by atoms with Crippen LogP contribution in [0, 0.1) is 10.1 Å². The number of H-pyrrole nitrogens is 1. The van der Waals surface area contributed by atoms with E-state index in [1.807, 2.05) is 6.92 Å². The van der Waals surface area contributed by atoms with Crippen LogP contribution in [0.4, 0.5) is 5.69 Å². The van der Waals surface area contributed by atoms with Crippen molar-refractivity contribution in [2.75, 3.05) is 0 Å². The number of hydrogen-bond acceptors (Lipinski definition) is 4. The van der Waals surface area contributed by atoms with E-state index in [9.17, 15) is 24.8 Å². The van der Waals surface area contributed by atoms with Crippen molar-refractivity contribution >= 4 is 28.5 Å². The van der Waals surface area contributed by atoms with Crippen molar-refractivity contribution in [3.05, 3.63) is 40.1 Å². The molecule has 1 heterocycles. The van der Waals surface area contributed by atoms with Gasteiger partial charge in [-0.05, 0) is 25.0 Å². The number of nitro groups is 1. The normalized spacial score (nSPS) is 13.4. The number of benzene rings is 1. The Labute approximate surface area is 138 Å².